The molecule has 0 fully saturated rings. The van der Waals surface area contributed by atoms with Crippen molar-refractivity contribution < 1.29 is 31.9 Å². The van der Waals surface area contributed by atoms with Crippen LogP contribution >= 0.6 is 0 Å². The number of benzene rings is 1. The van der Waals surface area contributed by atoms with Crippen molar-refractivity contribution in [1.29, 1.82) is 0 Å². The van der Waals surface area contributed by atoms with Gasteiger partial charge in [0.1, 0.15) is 11.6 Å². The smallest absolute Gasteiger partial charge is 0.338 e. The summed E-state index contributed by atoms with van der Waals surface area (Å²) in [7, 11) is 1.07. The Morgan fingerprint density at radius 1 is 1.26 bits per heavy atom. The molecule has 1 amide bonds. The van der Waals surface area contributed by atoms with E-state index >= 15 is 0 Å². The van der Waals surface area contributed by atoms with Crippen molar-refractivity contribution >= 4 is 11.9 Å². The van der Waals surface area contributed by atoms with Gasteiger partial charge >= 0.3 is 5.97 Å². The van der Waals surface area contributed by atoms with Crippen LogP contribution < -0.4 is 11.1 Å². The average molecular weight is 336 g/mol. The summed E-state index contributed by atoms with van der Waals surface area (Å²) in [4.78, 5) is 22.6. The number of methoxy groups -OCH3 is 1. The first kappa shape index (κ1) is 18.9. The average Bonchev–Trinajstić information content (AvgIpc) is 2.47. The molecule has 3 N–H and O–H groups in total. The van der Waals surface area contributed by atoms with Gasteiger partial charge < -0.3 is 15.8 Å². The molecule has 5 nitrogen and oxygen atoms in total. The van der Waals surface area contributed by atoms with Gasteiger partial charge in [-0.05, 0) is 18.6 Å². The van der Waals surface area contributed by atoms with Crippen molar-refractivity contribution in [2.24, 2.45) is 5.73 Å². The van der Waals surface area contributed by atoms with Crippen molar-refractivity contribution in [2.45, 2.75) is 25.3 Å². The van der Waals surface area contributed by atoms with Crippen molar-refractivity contribution in [3.8, 4) is 0 Å². The molecule has 1 aromatic rings. The minimum atomic E-state index is -2.73. The van der Waals surface area contributed by atoms with Gasteiger partial charge in [-0.1, -0.05) is 0 Å². The third kappa shape index (κ3) is 5.51. The molecule has 0 radical (unpaired) electrons. The van der Waals surface area contributed by atoms with Crippen LogP contribution in [0.5, 0.6) is 0 Å². The fraction of sp³-hybridized carbons (Fsp3) is 0.429. The standard InChI is InChI=1S/C14H16F4N2O3/c1-23-14(22)7-4-9(15)8(10(16)5-7)2-3-20-13(21)11(19)6-12(17)18/h4-5,11-12H,2-3,6,19H2,1H3,(H,20,21)/t11-/m0/s1. The molecular formula is C14H16F4N2O3. The normalized spacial score (nSPS) is 12.1. The van der Waals surface area contributed by atoms with Gasteiger partial charge in [0.25, 0.3) is 0 Å². The molecular weight excluding hydrogens is 320 g/mol. The maximum atomic E-state index is 13.8. The predicted molar refractivity (Wildman–Crippen MR) is 73.0 cm³/mol. The van der Waals surface area contributed by atoms with E-state index in [9.17, 15) is 27.2 Å². The summed E-state index contributed by atoms with van der Waals surface area (Å²) in [5.41, 5.74) is 4.60. The molecule has 0 saturated carbocycles. The van der Waals surface area contributed by atoms with Gasteiger partial charge in [-0.2, -0.15) is 0 Å². The lowest BCUT2D eigenvalue weighted by atomic mass is 10.1. The molecule has 128 valence electrons. The van der Waals surface area contributed by atoms with E-state index in [1.807, 2.05) is 0 Å². The maximum absolute atomic E-state index is 13.8. The molecule has 0 aromatic heterocycles. The van der Waals surface area contributed by atoms with E-state index in [0.717, 1.165) is 19.2 Å². The predicted octanol–water partition coefficient (Wildman–Crippen LogP) is 1.39. The van der Waals surface area contributed by atoms with Crippen LogP contribution in [0.2, 0.25) is 0 Å². The van der Waals surface area contributed by atoms with Crippen LogP contribution in [0.3, 0.4) is 0 Å². The van der Waals surface area contributed by atoms with Crippen LogP contribution in [-0.2, 0) is 16.0 Å². The minimum Gasteiger partial charge on any atom is -0.465 e. The molecule has 0 bridgehead atoms. The van der Waals surface area contributed by atoms with Gasteiger partial charge in [0.05, 0.1) is 18.7 Å². The summed E-state index contributed by atoms with van der Waals surface area (Å²) in [6, 6.07) is 0.231. The van der Waals surface area contributed by atoms with Gasteiger partial charge in [0.15, 0.2) is 0 Å². The Balaban J connectivity index is 2.65. The Morgan fingerprint density at radius 2 is 1.83 bits per heavy atom. The second kappa shape index (κ2) is 8.47. The van der Waals surface area contributed by atoms with E-state index in [-0.39, 0.29) is 24.1 Å². The molecule has 0 aliphatic heterocycles. The lowest BCUT2D eigenvalue weighted by Crippen LogP contribution is -2.42. The summed E-state index contributed by atoms with van der Waals surface area (Å²) in [6.45, 7) is -0.193. The first-order chi connectivity index (χ1) is 10.8. The number of ether oxygens (including phenoxy) is 1. The van der Waals surface area contributed by atoms with Crippen molar-refractivity contribution in [3.63, 3.8) is 0 Å². The Bertz CT molecular complexity index is 558. The molecule has 0 unspecified atom stereocenters. The van der Waals surface area contributed by atoms with Crippen LogP contribution in [-0.4, -0.2) is 38.0 Å². The minimum absolute atomic E-state index is 0.193. The second-order valence-electron chi connectivity index (χ2n) is 4.68. The summed E-state index contributed by atoms with van der Waals surface area (Å²) < 4.78 is 56.1. The number of hydrogen-bond acceptors (Lipinski definition) is 4. The van der Waals surface area contributed by atoms with Crippen LogP contribution in [0.15, 0.2) is 12.1 Å². The maximum Gasteiger partial charge on any atom is 0.338 e. The zero-order chi connectivity index (χ0) is 17.6. The van der Waals surface area contributed by atoms with E-state index in [0.29, 0.717) is 0 Å². The summed E-state index contributed by atoms with van der Waals surface area (Å²) >= 11 is 0. The quantitative estimate of drug-likeness (QED) is 0.582. The number of nitrogens with two attached hydrogens (primary N) is 1. The Kier molecular flexibility index (Phi) is 6.95. The van der Waals surface area contributed by atoms with Crippen molar-refractivity contribution in [2.75, 3.05) is 13.7 Å². The van der Waals surface area contributed by atoms with E-state index in [1.54, 1.807) is 0 Å². The van der Waals surface area contributed by atoms with Gasteiger partial charge in [-0.25, -0.2) is 22.4 Å². The van der Waals surface area contributed by atoms with Crippen LogP contribution in [0.4, 0.5) is 17.6 Å². The molecule has 23 heavy (non-hydrogen) atoms. The number of alkyl halides is 2. The fourth-order valence-electron chi connectivity index (χ4n) is 1.82. The zero-order valence-electron chi connectivity index (χ0n) is 12.2. The number of esters is 1. The summed E-state index contributed by atoms with van der Waals surface area (Å²) in [5, 5.41) is 2.22. The number of nitrogens with one attached hydrogen (secondary N) is 1. The highest BCUT2D eigenvalue weighted by Gasteiger charge is 2.19. The molecule has 0 spiro atoms. The van der Waals surface area contributed by atoms with Crippen molar-refractivity contribution in [3.05, 3.63) is 34.9 Å². The van der Waals surface area contributed by atoms with Crippen molar-refractivity contribution in [1.82, 2.24) is 5.32 Å². The van der Waals surface area contributed by atoms with Gasteiger partial charge in [-0.15, -0.1) is 0 Å². The fourth-order valence-corrected chi connectivity index (χ4v) is 1.82. The molecule has 0 aliphatic rings. The van der Waals surface area contributed by atoms with Crippen LogP contribution in [0.1, 0.15) is 22.3 Å². The third-order valence-corrected chi connectivity index (χ3v) is 3.01. The second-order valence-corrected chi connectivity index (χ2v) is 4.68. The number of hydrogen-bond donors (Lipinski definition) is 2. The topological polar surface area (TPSA) is 81.4 Å². The van der Waals surface area contributed by atoms with E-state index < -0.39 is 42.4 Å². The number of amides is 1. The molecule has 1 aromatic carbocycles. The number of carbonyl (C=O) groups excluding carboxylic acids is 2. The molecule has 0 saturated heterocycles. The van der Waals surface area contributed by atoms with Gasteiger partial charge in [0, 0.05) is 18.5 Å². The van der Waals surface area contributed by atoms with Crippen LogP contribution in [0.25, 0.3) is 0 Å². The number of halogens is 4. The lowest BCUT2D eigenvalue weighted by molar-refractivity contribution is -0.123. The Hall–Kier alpha value is -2.16. The third-order valence-electron chi connectivity index (χ3n) is 3.01. The largest absolute Gasteiger partial charge is 0.465 e. The van der Waals surface area contributed by atoms with E-state index in [2.05, 4.69) is 10.1 Å². The molecule has 1 rings (SSSR count). The highest BCUT2D eigenvalue weighted by Crippen LogP contribution is 2.16. The first-order valence-electron chi connectivity index (χ1n) is 6.64. The highest BCUT2D eigenvalue weighted by atomic mass is 19.3. The van der Waals surface area contributed by atoms with E-state index in [1.165, 1.54) is 0 Å². The summed E-state index contributed by atoms with van der Waals surface area (Å²) in [5.74, 6) is -3.68. The van der Waals surface area contributed by atoms with E-state index in [4.69, 9.17) is 5.73 Å². The summed E-state index contributed by atoms with van der Waals surface area (Å²) in [6.07, 6.45) is -3.76. The molecule has 9 heteroatoms. The number of carbonyl (C=O) groups is 2. The van der Waals surface area contributed by atoms with Gasteiger partial charge in [-0.3, -0.25) is 4.79 Å². The van der Waals surface area contributed by atoms with Crippen LogP contribution in [0, 0.1) is 11.6 Å². The molecule has 1 atom stereocenters. The Labute approximate surface area is 129 Å². The Morgan fingerprint density at radius 3 is 2.30 bits per heavy atom. The SMILES string of the molecule is COC(=O)c1cc(F)c(CCNC(=O)[C@@H](N)CC(F)F)c(F)c1. The zero-order valence-corrected chi connectivity index (χ0v) is 12.2. The molecule has 0 heterocycles. The molecule has 0 aliphatic carbocycles. The number of rotatable bonds is 7. The highest BCUT2D eigenvalue weighted by molar-refractivity contribution is 5.89. The monoisotopic (exact) mass is 336 g/mol. The lowest BCUT2D eigenvalue weighted by Gasteiger charge is -2.12. The van der Waals surface area contributed by atoms with Gasteiger partial charge in [0.2, 0.25) is 12.3 Å². The first-order valence-corrected chi connectivity index (χ1v) is 6.64.